The zero-order chi connectivity index (χ0) is 25.2. The van der Waals surface area contributed by atoms with Gasteiger partial charge in [-0.15, -0.1) is 11.3 Å². The normalized spacial score (nSPS) is 18.5. The lowest BCUT2D eigenvalue weighted by atomic mass is 9.96. The van der Waals surface area contributed by atoms with E-state index in [4.69, 9.17) is 14.5 Å². The van der Waals surface area contributed by atoms with Crippen LogP contribution in [0.1, 0.15) is 63.6 Å². The lowest BCUT2D eigenvalue weighted by molar-refractivity contribution is -0.386. The molecule has 0 radical (unpaired) electrons. The molecule has 1 fully saturated rings. The molecular formula is C27H29N3O5S. The summed E-state index contributed by atoms with van der Waals surface area (Å²) in [4.78, 5) is 30.7. The van der Waals surface area contributed by atoms with E-state index in [1.54, 1.807) is 17.4 Å². The Balaban J connectivity index is 1.18. The van der Waals surface area contributed by atoms with E-state index in [9.17, 15) is 14.9 Å². The molecule has 1 aromatic heterocycles. The van der Waals surface area contributed by atoms with Crippen molar-refractivity contribution in [2.24, 2.45) is 0 Å². The number of rotatable bonds is 5. The van der Waals surface area contributed by atoms with Crippen LogP contribution in [0.5, 0.6) is 0 Å². The number of aromatic nitrogens is 1. The summed E-state index contributed by atoms with van der Waals surface area (Å²) in [5.41, 5.74) is 5.49. The number of piperidine rings is 1. The SMILES string of the molecule is Cc1ccc(C)c(CC(=O)N2CCC(c3nc(C4OCc5cccc([N+](=O)[O-])c5CO4)cs3)CC2)c1. The van der Waals surface area contributed by atoms with Crippen LogP contribution in [0.15, 0.2) is 41.8 Å². The minimum Gasteiger partial charge on any atom is -0.342 e. The Hall–Kier alpha value is -3.14. The molecule has 0 N–H and O–H groups in total. The van der Waals surface area contributed by atoms with Gasteiger partial charge in [0.15, 0.2) is 0 Å². The van der Waals surface area contributed by atoms with Crippen LogP contribution in [-0.4, -0.2) is 33.8 Å². The molecule has 36 heavy (non-hydrogen) atoms. The lowest BCUT2D eigenvalue weighted by Gasteiger charge is -2.31. The zero-order valence-corrected chi connectivity index (χ0v) is 21.3. The molecule has 3 heterocycles. The van der Waals surface area contributed by atoms with Gasteiger partial charge in [-0.25, -0.2) is 4.98 Å². The first kappa shape index (κ1) is 24.5. The summed E-state index contributed by atoms with van der Waals surface area (Å²) in [6.07, 6.45) is 1.52. The summed E-state index contributed by atoms with van der Waals surface area (Å²) >= 11 is 1.58. The quantitative estimate of drug-likeness (QED) is 0.341. The van der Waals surface area contributed by atoms with Crippen LogP contribution in [-0.2, 0) is 33.9 Å². The number of hydrogen-bond acceptors (Lipinski definition) is 7. The first-order chi connectivity index (χ1) is 17.4. The van der Waals surface area contributed by atoms with Gasteiger partial charge in [0.25, 0.3) is 5.69 Å². The van der Waals surface area contributed by atoms with E-state index in [2.05, 4.69) is 32.0 Å². The predicted octanol–water partition coefficient (Wildman–Crippen LogP) is 5.36. The standard InChI is InChI=1S/C27H29N3O5S/c1-17-6-7-18(2)21(12-17)13-25(31)29-10-8-19(9-11-29)26-28-23(16-36-26)27-34-14-20-4-3-5-24(30(32)33)22(20)15-35-27/h3-7,12,16,19,27H,8-11,13-15H2,1-2H3. The van der Waals surface area contributed by atoms with Gasteiger partial charge in [-0.2, -0.15) is 0 Å². The van der Waals surface area contributed by atoms with Crippen molar-refractivity contribution in [3.05, 3.63) is 90.4 Å². The van der Waals surface area contributed by atoms with E-state index in [0.717, 1.165) is 47.6 Å². The number of aryl methyl sites for hydroxylation is 2. The van der Waals surface area contributed by atoms with Gasteiger partial charge in [-0.3, -0.25) is 14.9 Å². The molecule has 2 aromatic carbocycles. The monoisotopic (exact) mass is 507 g/mol. The highest BCUT2D eigenvalue weighted by molar-refractivity contribution is 7.09. The number of amides is 1. The fourth-order valence-corrected chi connectivity index (χ4v) is 5.87. The van der Waals surface area contributed by atoms with Crippen LogP contribution < -0.4 is 0 Å². The van der Waals surface area contributed by atoms with Crippen molar-refractivity contribution in [1.82, 2.24) is 9.88 Å². The Morgan fingerprint density at radius 1 is 1.17 bits per heavy atom. The lowest BCUT2D eigenvalue weighted by Crippen LogP contribution is -2.38. The number of benzene rings is 2. The van der Waals surface area contributed by atoms with Gasteiger partial charge in [0.2, 0.25) is 12.2 Å². The second-order valence-corrected chi connectivity index (χ2v) is 10.4. The number of nitro groups is 1. The molecule has 1 saturated heterocycles. The van der Waals surface area contributed by atoms with Gasteiger partial charge in [0.05, 0.1) is 35.1 Å². The fraction of sp³-hybridized carbons (Fsp3) is 0.407. The maximum Gasteiger partial charge on any atom is 0.275 e. The Labute approximate surface area is 214 Å². The largest absolute Gasteiger partial charge is 0.342 e. The molecule has 1 amide bonds. The molecule has 9 heteroatoms. The number of carbonyl (C=O) groups excluding carboxylic acids is 1. The molecular weight excluding hydrogens is 478 g/mol. The third kappa shape index (κ3) is 5.18. The van der Waals surface area contributed by atoms with Crippen LogP contribution in [0.4, 0.5) is 5.69 Å². The number of fused-ring (bicyclic) bond motifs is 1. The number of hydrogen-bond donors (Lipinski definition) is 0. The van der Waals surface area contributed by atoms with Crippen LogP contribution in [0, 0.1) is 24.0 Å². The topological polar surface area (TPSA) is 94.8 Å². The number of nitrogens with zero attached hydrogens (tertiary/aromatic N) is 3. The highest BCUT2D eigenvalue weighted by Gasteiger charge is 2.29. The summed E-state index contributed by atoms with van der Waals surface area (Å²) in [6, 6.07) is 11.2. The van der Waals surface area contributed by atoms with Crippen molar-refractivity contribution in [1.29, 1.82) is 0 Å². The average molecular weight is 508 g/mol. The maximum atomic E-state index is 12.9. The van der Waals surface area contributed by atoms with Crippen LogP contribution in [0.3, 0.4) is 0 Å². The first-order valence-electron chi connectivity index (χ1n) is 12.2. The number of likely N-dealkylation sites (tertiary alicyclic amines) is 1. The molecule has 0 aliphatic carbocycles. The number of nitro benzene ring substituents is 1. The van der Waals surface area contributed by atoms with E-state index in [0.29, 0.717) is 17.7 Å². The minimum atomic E-state index is -0.666. The van der Waals surface area contributed by atoms with E-state index in [1.165, 1.54) is 11.6 Å². The molecule has 2 aliphatic rings. The summed E-state index contributed by atoms with van der Waals surface area (Å²) < 4.78 is 11.8. The van der Waals surface area contributed by atoms with Crippen molar-refractivity contribution < 1.29 is 19.2 Å². The van der Waals surface area contributed by atoms with Gasteiger partial charge >= 0.3 is 0 Å². The molecule has 0 bridgehead atoms. The van der Waals surface area contributed by atoms with Crippen LogP contribution >= 0.6 is 11.3 Å². The summed E-state index contributed by atoms with van der Waals surface area (Å²) in [7, 11) is 0. The maximum absolute atomic E-state index is 12.9. The van der Waals surface area contributed by atoms with Crippen molar-refractivity contribution >= 4 is 22.9 Å². The molecule has 1 unspecified atom stereocenters. The Morgan fingerprint density at radius 2 is 1.94 bits per heavy atom. The van der Waals surface area contributed by atoms with Gasteiger partial charge in [-0.05, 0) is 43.4 Å². The molecule has 0 spiro atoms. The summed E-state index contributed by atoms with van der Waals surface area (Å²) in [6.45, 7) is 5.88. The zero-order valence-electron chi connectivity index (χ0n) is 20.4. The molecule has 2 aliphatic heterocycles. The molecule has 3 aromatic rings. The van der Waals surface area contributed by atoms with Gasteiger partial charge in [-0.1, -0.05) is 35.9 Å². The smallest absolute Gasteiger partial charge is 0.275 e. The van der Waals surface area contributed by atoms with Gasteiger partial charge in [0.1, 0.15) is 5.69 Å². The molecule has 8 nitrogen and oxygen atoms in total. The molecule has 188 valence electrons. The number of carbonyl (C=O) groups is 1. The second kappa shape index (κ2) is 10.5. The Bertz CT molecular complexity index is 1280. The van der Waals surface area contributed by atoms with Gasteiger partial charge in [0, 0.05) is 30.5 Å². The van der Waals surface area contributed by atoms with Crippen LogP contribution in [0.2, 0.25) is 0 Å². The first-order valence-corrected chi connectivity index (χ1v) is 13.0. The third-order valence-corrected chi connectivity index (χ3v) is 8.06. The second-order valence-electron chi connectivity index (χ2n) is 9.50. The summed E-state index contributed by atoms with van der Waals surface area (Å²) in [5, 5.41) is 14.3. The molecule has 0 saturated carbocycles. The number of ether oxygens (including phenoxy) is 2. The van der Waals surface area contributed by atoms with Crippen molar-refractivity contribution in [3.8, 4) is 0 Å². The van der Waals surface area contributed by atoms with E-state index >= 15 is 0 Å². The van der Waals surface area contributed by atoms with E-state index in [-0.39, 0.29) is 35.6 Å². The van der Waals surface area contributed by atoms with Crippen molar-refractivity contribution in [2.45, 2.75) is 58.5 Å². The minimum absolute atomic E-state index is 0.0505. The number of thiazole rings is 1. The van der Waals surface area contributed by atoms with Crippen LogP contribution in [0.25, 0.3) is 0 Å². The average Bonchev–Trinajstić information content (AvgIpc) is 3.26. The highest BCUT2D eigenvalue weighted by atomic mass is 32.1. The Kier molecular flexibility index (Phi) is 7.13. The predicted molar refractivity (Wildman–Crippen MR) is 136 cm³/mol. The van der Waals surface area contributed by atoms with Crippen molar-refractivity contribution in [2.75, 3.05) is 13.1 Å². The van der Waals surface area contributed by atoms with Gasteiger partial charge < -0.3 is 14.4 Å². The van der Waals surface area contributed by atoms with Crippen molar-refractivity contribution in [3.63, 3.8) is 0 Å². The van der Waals surface area contributed by atoms with E-state index < -0.39 is 6.29 Å². The molecule has 5 rings (SSSR count). The van der Waals surface area contributed by atoms with E-state index in [1.807, 2.05) is 16.3 Å². The molecule has 1 atom stereocenters. The third-order valence-electron chi connectivity index (χ3n) is 7.04. The fourth-order valence-electron chi connectivity index (χ4n) is 4.88. The Morgan fingerprint density at radius 3 is 2.72 bits per heavy atom. The summed E-state index contributed by atoms with van der Waals surface area (Å²) in [5.74, 6) is 0.466. The highest BCUT2D eigenvalue weighted by Crippen LogP contribution is 2.35.